The zero-order chi connectivity index (χ0) is 25.3. The first-order chi connectivity index (χ1) is 17.6. The number of hydrogen-bond donors (Lipinski definition) is 0. The maximum absolute atomic E-state index is 13.5. The Morgan fingerprint density at radius 1 is 0.861 bits per heavy atom. The highest BCUT2D eigenvalue weighted by Gasteiger charge is 2.14. The molecule has 0 aliphatic heterocycles. The predicted octanol–water partition coefficient (Wildman–Crippen LogP) is 7.55. The first-order valence-corrected chi connectivity index (χ1v) is 13.0. The van der Waals surface area contributed by atoms with E-state index in [1.165, 1.54) is 12.1 Å². The van der Waals surface area contributed by atoms with Gasteiger partial charge in [0.25, 0.3) is 0 Å². The van der Waals surface area contributed by atoms with E-state index in [4.69, 9.17) is 14.5 Å². The molecule has 190 valence electrons. The number of aryl methyl sites for hydroxylation is 1. The van der Waals surface area contributed by atoms with Crippen LogP contribution in [-0.4, -0.2) is 40.7 Å². The first kappa shape index (κ1) is 25.7. The van der Waals surface area contributed by atoms with Crippen molar-refractivity contribution >= 4 is 11.0 Å². The number of nitrogens with zero attached hydrogens (tertiary/aromatic N) is 3. The van der Waals surface area contributed by atoms with Gasteiger partial charge < -0.3 is 18.9 Å². The SMILES string of the molecule is CCCCn1c(-c2ccc(Oc3cccc(F)c3)cc2)nc2ccc(OCCCN(CC)CC)cc21. The number of hydrogen-bond acceptors (Lipinski definition) is 4. The lowest BCUT2D eigenvalue weighted by molar-refractivity contribution is 0.249. The van der Waals surface area contributed by atoms with Gasteiger partial charge >= 0.3 is 0 Å². The van der Waals surface area contributed by atoms with Gasteiger partial charge in [0.15, 0.2) is 0 Å². The topological polar surface area (TPSA) is 39.5 Å². The summed E-state index contributed by atoms with van der Waals surface area (Å²) in [7, 11) is 0. The van der Waals surface area contributed by atoms with E-state index < -0.39 is 0 Å². The molecular weight excluding hydrogens is 453 g/mol. The molecular formula is C30H36FN3O2. The summed E-state index contributed by atoms with van der Waals surface area (Å²) in [6.07, 6.45) is 3.17. The Hall–Kier alpha value is -3.38. The molecule has 0 amide bonds. The number of aromatic nitrogens is 2. The highest BCUT2D eigenvalue weighted by atomic mass is 19.1. The molecule has 4 aromatic rings. The molecule has 0 saturated carbocycles. The molecule has 6 heteroatoms. The van der Waals surface area contributed by atoms with Gasteiger partial charge in [-0.1, -0.05) is 33.3 Å². The van der Waals surface area contributed by atoms with Crippen molar-refractivity contribution in [2.24, 2.45) is 0 Å². The van der Waals surface area contributed by atoms with Crippen molar-refractivity contribution in [3.05, 3.63) is 72.5 Å². The number of unbranched alkanes of at least 4 members (excludes halogenated alkanes) is 1. The van der Waals surface area contributed by atoms with Crippen LogP contribution in [0, 0.1) is 5.82 Å². The Kier molecular flexibility index (Phi) is 8.95. The van der Waals surface area contributed by atoms with Crippen LogP contribution >= 0.6 is 0 Å². The largest absolute Gasteiger partial charge is 0.493 e. The third kappa shape index (κ3) is 6.43. The fourth-order valence-corrected chi connectivity index (χ4v) is 4.31. The van der Waals surface area contributed by atoms with Crippen LogP contribution in [0.4, 0.5) is 4.39 Å². The van der Waals surface area contributed by atoms with Gasteiger partial charge in [0.05, 0.1) is 17.6 Å². The van der Waals surface area contributed by atoms with Crippen molar-refractivity contribution in [3.8, 4) is 28.6 Å². The van der Waals surface area contributed by atoms with Gasteiger partial charge in [0.2, 0.25) is 0 Å². The van der Waals surface area contributed by atoms with Crippen LogP contribution in [0.1, 0.15) is 40.0 Å². The normalized spacial score (nSPS) is 11.4. The van der Waals surface area contributed by atoms with Crippen molar-refractivity contribution in [1.29, 1.82) is 0 Å². The van der Waals surface area contributed by atoms with Crippen LogP contribution in [0.3, 0.4) is 0 Å². The molecule has 0 aliphatic carbocycles. The number of halogens is 1. The second-order valence-corrected chi connectivity index (χ2v) is 8.90. The van der Waals surface area contributed by atoms with Crippen LogP contribution in [-0.2, 0) is 6.54 Å². The van der Waals surface area contributed by atoms with E-state index >= 15 is 0 Å². The lowest BCUT2D eigenvalue weighted by atomic mass is 10.2. The van der Waals surface area contributed by atoms with Crippen LogP contribution in [0.15, 0.2) is 66.7 Å². The van der Waals surface area contributed by atoms with Crippen molar-refractivity contribution in [1.82, 2.24) is 14.5 Å². The first-order valence-electron chi connectivity index (χ1n) is 13.0. The van der Waals surface area contributed by atoms with E-state index in [2.05, 4.69) is 36.3 Å². The third-order valence-corrected chi connectivity index (χ3v) is 6.38. The Labute approximate surface area is 213 Å². The monoisotopic (exact) mass is 489 g/mol. The lowest BCUT2D eigenvalue weighted by Gasteiger charge is -2.17. The molecule has 0 aliphatic rings. The average Bonchev–Trinajstić information content (AvgIpc) is 3.25. The molecule has 0 saturated heterocycles. The summed E-state index contributed by atoms with van der Waals surface area (Å²) >= 11 is 0. The predicted molar refractivity (Wildman–Crippen MR) is 144 cm³/mol. The summed E-state index contributed by atoms with van der Waals surface area (Å²) in [5.41, 5.74) is 3.05. The Morgan fingerprint density at radius 3 is 2.36 bits per heavy atom. The van der Waals surface area contributed by atoms with Gasteiger partial charge in [0.1, 0.15) is 28.9 Å². The van der Waals surface area contributed by atoms with Crippen molar-refractivity contribution in [3.63, 3.8) is 0 Å². The molecule has 1 aromatic heterocycles. The summed E-state index contributed by atoms with van der Waals surface area (Å²) in [6.45, 7) is 11.4. The molecule has 0 unspecified atom stereocenters. The van der Waals surface area contributed by atoms with E-state index in [0.717, 1.165) is 73.6 Å². The van der Waals surface area contributed by atoms with E-state index in [1.54, 1.807) is 12.1 Å². The highest BCUT2D eigenvalue weighted by molar-refractivity contribution is 5.82. The number of imidazole rings is 1. The minimum atomic E-state index is -0.319. The van der Waals surface area contributed by atoms with Gasteiger partial charge in [-0.3, -0.25) is 0 Å². The smallest absolute Gasteiger partial charge is 0.141 e. The molecule has 0 radical (unpaired) electrons. The van der Waals surface area contributed by atoms with Gasteiger partial charge in [0, 0.05) is 30.8 Å². The second-order valence-electron chi connectivity index (χ2n) is 8.90. The fourth-order valence-electron chi connectivity index (χ4n) is 4.31. The standard InChI is InChI=1S/C30H36FN3O2/c1-4-7-19-34-29-22-26(35-20-9-18-33(5-2)6-3)16-17-28(29)32-30(34)23-12-14-25(15-13-23)36-27-11-8-10-24(31)21-27/h8,10-17,21-22H,4-7,9,18-20H2,1-3H3. The van der Waals surface area contributed by atoms with Gasteiger partial charge in [-0.15, -0.1) is 0 Å². The summed E-state index contributed by atoms with van der Waals surface area (Å²) in [6, 6.07) is 20.1. The van der Waals surface area contributed by atoms with Crippen LogP contribution in [0.25, 0.3) is 22.4 Å². The van der Waals surface area contributed by atoms with Crippen molar-refractivity contribution in [2.75, 3.05) is 26.2 Å². The van der Waals surface area contributed by atoms with Gasteiger partial charge in [-0.2, -0.15) is 0 Å². The molecule has 1 heterocycles. The van der Waals surface area contributed by atoms with E-state index in [9.17, 15) is 4.39 Å². The van der Waals surface area contributed by atoms with Crippen molar-refractivity contribution < 1.29 is 13.9 Å². The molecule has 36 heavy (non-hydrogen) atoms. The number of benzene rings is 3. The van der Waals surface area contributed by atoms with Crippen LogP contribution in [0.5, 0.6) is 17.2 Å². The molecule has 0 N–H and O–H groups in total. The summed E-state index contributed by atoms with van der Waals surface area (Å²) < 4.78 is 27.7. The molecule has 0 atom stereocenters. The van der Waals surface area contributed by atoms with Gasteiger partial charge in [-0.25, -0.2) is 9.37 Å². The van der Waals surface area contributed by atoms with E-state index in [-0.39, 0.29) is 5.82 Å². The summed E-state index contributed by atoms with van der Waals surface area (Å²) in [4.78, 5) is 7.36. The van der Waals surface area contributed by atoms with Crippen LogP contribution in [0.2, 0.25) is 0 Å². The second kappa shape index (κ2) is 12.5. The zero-order valence-electron chi connectivity index (χ0n) is 21.5. The quantitative estimate of drug-likeness (QED) is 0.182. The van der Waals surface area contributed by atoms with Crippen molar-refractivity contribution in [2.45, 2.75) is 46.6 Å². The number of fused-ring (bicyclic) bond motifs is 1. The Morgan fingerprint density at radius 2 is 1.64 bits per heavy atom. The lowest BCUT2D eigenvalue weighted by Crippen LogP contribution is -2.25. The summed E-state index contributed by atoms with van der Waals surface area (Å²) in [5.74, 6) is 2.61. The minimum Gasteiger partial charge on any atom is -0.493 e. The average molecular weight is 490 g/mol. The molecule has 3 aromatic carbocycles. The van der Waals surface area contributed by atoms with E-state index in [0.29, 0.717) is 18.1 Å². The molecule has 0 fully saturated rings. The van der Waals surface area contributed by atoms with Gasteiger partial charge in [-0.05, 0) is 74.5 Å². The fraction of sp³-hybridized carbons (Fsp3) is 0.367. The number of rotatable bonds is 13. The minimum absolute atomic E-state index is 0.319. The third-order valence-electron chi connectivity index (χ3n) is 6.38. The zero-order valence-corrected chi connectivity index (χ0v) is 21.5. The highest BCUT2D eigenvalue weighted by Crippen LogP contribution is 2.30. The Bertz CT molecular complexity index is 1250. The maximum Gasteiger partial charge on any atom is 0.141 e. The Balaban J connectivity index is 1.53. The molecule has 0 spiro atoms. The van der Waals surface area contributed by atoms with Crippen LogP contribution < -0.4 is 9.47 Å². The maximum atomic E-state index is 13.5. The molecule has 5 nitrogen and oxygen atoms in total. The van der Waals surface area contributed by atoms with E-state index in [1.807, 2.05) is 36.4 Å². The molecule has 4 rings (SSSR count). The molecule has 0 bridgehead atoms. The number of ether oxygens (including phenoxy) is 2. The summed E-state index contributed by atoms with van der Waals surface area (Å²) in [5, 5.41) is 0.